The van der Waals surface area contributed by atoms with Crippen LogP contribution >= 0.6 is 0 Å². The predicted molar refractivity (Wildman–Crippen MR) is 56.4 cm³/mol. The summed E-state index contributed by atoms with van der Waals surface area (Å²) in [5.41, 5.74) is 5.31. The number of hydrogen-bond donors (Lipinski definition) is 2. The van der Waals surface area contributed by atoms with Crippen molar-refractivity contribution in [3.05, 3.63) is 22.7 Å². The van der Waals surface area contributed by atoms with Crippen LogP contribution in [-0.4, -0.2) is 29.6 Å². The van der Waals surface area contributed by atoms with Gasteiger partial charge in [0.2, 0.25) is 0 Å². The molecule has 0 saturated carbocycles. The zero-order chi connectivity index (χ0) is 10.4. The summed E-state index contributed by atoms with van der Waals surface area (Å²) in [6, 6.07) is 0. The Labute approximate surface area is 83.0 Å². The van der Waals surface area contributed by atoms with Crippen LogP contribution in [0.1, 0.15) is 13.3 Å². The summed E-state index contributed by atoms with van der Waals surface area (Å²) in [5.74, 6) is 0.458. The molecule has 14 heavy (non-hydrogen) atoms. The minimum atomic E-state index is -0.158. The predicted octanol–water partition coefficient (Wildman–Crippen LogP) is -0.0550. The van der Waals surface area contributed by atoms with Gasteiger partial charge >= 0.3 is 0 Å². The Kier molecular flexibility index (Phi) is 4.12. The van der Waals surface area contributed by atoms with E-state index in [4.69, 9.17) is 5.73 Å². The zero-order valence-corrected chi connectivity index (χ0v) is 8.36. The second kappa shape index (κ2) is 5.39. The minimum absolute atomic E-state index is 0.158. The van der Waals surface area contributed by atoms with Gasteiger partial charge in [0.15, 0.2) is 5.82 Å². The van der Waals surface area contributed by atoms with Crippen molar-refractivity contribution in [2.24, 2.45) is 5.73 Å². The van der Waals surface area contributed by atoms with Gasteiger partial charge in [-0.25, -0.2) is 4.98 Å². The molecule has 1 aromatic heterocycles. The summed E-state index contributed by atoms with van der Waals surface area (Å²) in [4.78, 5) is 20.0. The smallest absolute Gasteiger partial charge is 0.290 e. The molecular weight excluding hydrogens is 180 g/mol. The molecule has 0 unspecified atom stereocenters. The summed E-state index contributed by atoms with van der Waals surface area (Å²) in [7, 11) is 0. The number of rotatable bonds is 5. The molecule has 5 nitrogen and oxygen atoms in total. The Morgan fingerprint density at radius 3 is 2.93 bits per heavy atom. The lowest BCUT2D eigenvalue weighted by Gasteiger charge is -2.20. The summed E-state index contributed by atoms with van der Waals surface area (Å²) in [5, 5.41) is 0. The maximum absolute atomic E-state index is 11.4. The van der Waals surface area contributed by atoms with E-state index >= 15 is 0 Å². The molecule has 1 rings (SSSR count). The van der Waals surface area contributed by atoms with E-state index < -0.39 is 0 Å². The Bertz CT molecular complexity index is 317. The van der Waals surface area contributed by atoms with Gasteiger partial charge in [-0.1, -0.05) is 6.92 Å². The fraction of sp³-hybridized carbons (Fsp3) is 0.556. The molecule has 0 aliphatic rings. The van der Waals surface area contributed by atoms with Crippen molar-refractivity contribution in [3.63, 3.8) is 0 Å². The van der Waals surface area contributed by atoms with Crippen molar-refractivity contribution in [3.8, 4) is 0 Å². The molecule has 0 fully saturated rings. The molecule has 5 heteroatoms. The summed E-state index contributed by atoms with van der Waals surface area (Å²) >= 11 is 0. The first kappa shape index (κ1) is 10.7. The van der Waals surface area contributed by atoms with Crippen LogP contribution in [0.4, 0.5) is 5.82 Å². The zero-order valence-electron chi connectivity index (χ0n) is 8.36. The van der Waals surface area contributed by atoms with Crippen molar-refractivity contribution < 1.29 is 0 Å². The van der Waals surface area contributed by atoms with Gasteiger partial charge in [0, 0.05) is 32.0 Å². The van der Waals surface area contributed by atoms with E-state index in [1.807, 2.05) is 4.90 Å². The molecule has 0 radical (unpaired) electrons. The Hall–Kier alpha value is -1.36. The fourth-order valence-corrected chi connectivity index (χ4v) is 1.32. The van der Waals surface area contributed by atoms with Crippen molar-refractivity contribution in [2.45, 2.75) is 13.3 Å². The van der Waals surface area contributed by atoms with E-state index in [9.17, 15) is 4.79 Å². The van der Waals surface area contributed by atoms with Gasteiger partial charge in [-0.3, -0.25) is 4.79 Å². The molecule has 0 aromatic carbocycles. The highest BCUT2D eigenvalue weighted by molar-refractivity contribution is 5.34. The largest absolute Gasteiger partial charge is 0.351 e. The van der Waals surface area contributed by atoms with Gasteiger partial charge in [-0.15, -0.1) is 0 Å². The number of nitrogens with zero attached hydrogens (tertiary/aromatic N) is 2. The number of aromatic nitrogens is 2. The van der Waals surface area contributed by atoms with Gasteiger partial charge in [0.1, 0.15) is 0 Å². The van der Waals surface area contributed by atoms with Crippen molar-refractivity contribution in [1.82, 2.24) is 9.97 Å². The monoisotopic (exact) mass is 196 g/mol. The average molecular weight is 196 g/mol. The van der Waals surface area contributed by atoms with E-state index in [-0.39, 0.29) is 5.56 Å². The van der Waals surface area contributed by atoms with Gasteiger partial charge in [0.25, 0.3) is 5.56 Å². The first-order valence-corrected chi connectivity index (χ1v) is 4.78. The SMILES string of the molecule is CCCN(CCN)c1ncc[nH]c1=O. The standard InChI is InChI=1S/C9H16N4O/c1-2-6-13(7-3-10)8-9(14)12-5-4-11-8/h4-5H,2-3,6-7,10H2,1H3,(H,12,14). The maximum Gasteiger partial charge on any atom is 0.290 e. The lowest BCUT2D eigenvalue weighted by molar-refractivity contribution is 0.744. The van der Waals surface area contributed by atoms with Gasteiger partial charge < -0.3 is 15.6 Å². The number of hydrogen-bond acceptors (Lipinski definition) is 4. The topological polar surface area (TPSA) is 75.0 Å². The molecule has 0 aliphatic carbocycles. The van der Waals surface area contributed by atoms with Crippen LogP contribution in [0.25, 0.3) is 0 Å². The van der Waals surface area contributed by atoms with Crippen LogP contribution < -0.4 is 16.2 Å². The summed E-state index contributed by atoms with van der Waals surface area (Å²) in [6.45, 7) is 4.04. The lowest BCUT2D eigenvalue weighted by atomic mass is 10.4. The van der Waals surface area contributed by atoms with Crippen LogP contribution in [0, 0.1) is 0 Å². The normalized spacial score (nSPS) is 10.1. The summed E-state index contributed by atoms with van der Waals surface area (Å²) < 4.78 is 0. The van der Waals surface area contributed by atoms with Crippen LogP contribution in [0.5, 0.6) is 0 Å². The molecule has 0 aliphatic heterocycles. The quantitative estimate of drug-likeness (QED) is 0.692. The highest BCUT2D eigenvalue weighted by Gasteiger charge is 2.08. The van der Waals surface area contributed by atoms with E-state index in [2.05, 4.69) is 16.9 Å². The molecule has 0 bridgehead atoms. The molecule has 1 aromatic rings. The van der Waals surface area contributed by atoms with Crippen LogP contribution in [0.2, 0.25) is 0 Å². The minimum Gasteiger partial charge on any atom is -0.351 e. The fourth-order valence-electron chi connectivity index (χ4n) is 1.32. The Morgan fingerprint density at radius 1 is 1.57 bits per heavy atom. The number of aromatic amines is 1. The van der Waals surface area contributed by atoms with Crippen molar-refractivity contribution in [1.29, 1.82) is 0 Å². The first-order valence-electron chi connectivity index (χ1n) is 4.78. The van der Waals surface area contributed by atoms with E-state index in [0.717, 1.165) is 13.0 Å². The van der Waals surface area contributed by atoms with Gasteiger partial charge in [-0.2, -0.15) is 0 Å². The molecule has 78 valence electrons. The molecular formula is C9H16N4O. The van der Waals surface area contributed by atoms with Gasteiger partial charge in [0.05, 0.1) is 0 Å². The number of nitrogens with one attached hydrogen (secondary N) is 1. The van der Waals surface area contributed by atoms with Crippen LogP contribution in [0.15, 0.2) is 17.2 Å². The molecule has 0 saturated heterocycles. The first-order chi connectivity index (χ1) is 6.79. The highest BCUT2D eigenvalue weighted by Crippen LogP contribution is 2.01. The van der Waals surface area contributed by atoms with Crippen molar-refractivity contribution >= 4 is 5.82 Å². The second-order valence-electron chi connectivity index (χ2n) is 3.02. The molecule has 0 spiro atoms. The number of H-pyrrole nitrogens is 1. The molecule has 0 amide bonds. The van der Waals surface area contributed by atoms with E-state index in [1.54, 1.807) is 6.20 Å². The number of nitrogens with two attached hydrogens (primary N) is 1. The Balaban J connectivity index is 2.87. The molecule has 0 atom stereocenters. The van der Waals surface area contributed by atoms with Crippen LogP contribution in [-0.2, 0) is 0 Å². The molecule has 1 heterocycles. The number of anilines is 1. The second-order valence-corrected chi connectivity index (χ2v) is 3.02. The van der Waals surface area contributed by atoms with E-state index in [1.165, 1.54) is 6.20 Å². The summed E-state index contributed by atoms with van der Waals surface area (Å²) in [6.07, 6.45) is 4.07. The van der Waals surface area contributed by atoms with Crippen LogP contribution in [0.3, 0.4) is 0 Å². The lowest BCUT2D eigenvalue weighted by Crippen LogP contribution is -2.35. The maximum atomic E-state index is 11.4. The third kappa shape index (κ3) is 2.56. The third-order valence-electron chi connectivity index (χ3n) is 1.88. The molecule has 3 N–H and O–H groups in total. The average Bonchev–Trinajstić information content (AvgIpc) is 2.18. The third-order valence-corrected chi connectivity index (χ3v) is 1.88. The van der Waals surface area contributed by atoms with Crippen molar-refractivity contribution in [2.75, 3.05) is 24.5 Å². The Morgan fingerprint density at radius 2 is 2.36 bits per heavy atom. The highest BCUT2D eigenvalue weighted by atomic mass is 16.1. The van der Waals surface area contributed by atoms with E-state index in [0.29, 0.717) is 18.9 Å². The van der Waals surface area contributed by atoms with Gasteiger partial charge in [-0.05, 0) is 6.42 Å².